The largest absolute Gasteiger partial charge is 0.391 e. The lowest BCUT2D eigenvalue weighted by molar-refractivity contribution is 0.0812. The van der Waals surface area contributed by atoms with Crippen molar-refractivity contribution < 1.29 is 9.90 Å². The van der Waals surface area contributed by atoms with Gasteiger partial charge in [0, 0.05) is 18.1 Å². The fraction of sp³-hybridized carbons (Fsp3) is 0.588. The van der Waals surface area contributed by atoms with Crippen molar-refractivity contribution >= 4 is 17.6 Å². The van der Waals surface area contributed by atoms with Crippen LogP contribution in [-0.2, 0) is 0 Å². The predicted molar refractivity (Wildman–Crippen MR) is 86.9 cm³/mol. The van der Waals surface area contributed by atoms with Crippen LogP contribution in [0.4, 0.5) is 4.79 Å². The highest BCUT2D eigenvalue weighted by atomic mass is 35.5. The quantitative estimate of drug-likeness (QED) is 0.896. The molecule has 2 N–H and O–H groups in total. The van der Waals surface area contributed by atoms with Crippen molar-refractivity contribution in [3.8, 4) is 0 Å². The van der Waals surface area contributed by atoms with Crippen LogP contribution in [0.5, 0.6) is 0 Å². The second kappa shape index (κ2) is 6.88. The Labute approximate surface area is 136 Å². The van der Waals surface area contributed by atoms with E-state index in [4.69, 9.17) is 11.6 Å². The molecule has 0 aromatic heterocycles. The molecule has 1 saturated heterocycles. The van der Waals surface area contributed by atoms with Gasteiger partial charge in [-0.1, -0.05) is 30.2 Å². The van der Waals surface area contributed by atoms with Crippen molar-refractivity contribution in [2.24, 2.45) is 5.92 Å². The van der Waals surface area contributed by atoms with E-state index in [-0.39, 0.29) is 12.1 Å². The van der Waals surface area contributed by atoms with E-state index in [1.165, 1.54) is 6.42 Å². The first kappa shape index (κ1) is 15.6. The van der Waals surface area contributed by atoms with Crippen molar-refractivity contribution in [2.75, 3.05) is 13.1 Å². The van der Waals surface area contributed by atoms with E-state index in [1.54, 1.807) is 4.90 Å². The summed E-state index contributed by atoms with van der Waals surface area (Å²) in [5.41, 5.74) is 1.11. The lowest BCUT2D eigenvalue weighted by Crippen LogP contribution is -2.49. The van der Waals surface area contributed by atoms with Crippen LogP contribution < -0.4 is 5.32 Å². The Morgan fingerprint density at radius 3 is 2.55 bits per heavy atom. The zero-order valence-electron chi connectivity index (χ0n) is 12.7. The summed E-state index contributed by atoms with van der Waals surface area (Å²) in [5.74, 6) is 0.500. The number of carbonyl (C=O) groups excluding carboxylic acids is 1. The third-order valence-corrected chi connectivity index (χ3v) is 5.07. The van der Waals surface area contributed by atoms with E-state index in [9.17, 15) is 9.90 Å². The minimum atomic E-state index is -0.391. The van der Waals surface area contributed by atoms with Gasteiger partial charge in [0.1, 0.15) is 0 Å². The van der Waals surface area contributed by atoms with Gasteiger partial charge in [0.25, 0.3) is 0 Å². The first-order chi connectivity index (χ1) is 10.6. The number of hydrogen-bond donors (Lipinski definition) is 2. The first-order valence-electron chi connectivity index (χ1n) is 8.12. The van der Waals surface area contributed by atoms with Crippen LogP contribution in [0.1, 0.15) is 43.7 Å². The van der Waals surface area contributed by atoms with Gasteiger partial charge in [-0.05, 0) is 49.3 Å². The van der Waals surface area contributed by atoms with Gasteiger partial charge in [-0.2, -0.15) is 0 Å². The number of rotatable bonds is 3. The van der Waals surface area contributed by atoms with Crippen molar-refractivity contribution in [2.45, 2.75) is 44.2 Å². The number of aliphatic hydroxyl groups excluding tert-OH is 1. The first-order valence-corrected chi connectivity index (χ1v) is 8.50. The Morgan fingerprint density at radius 1 is 1.23 bits per heavy atom. The van der Waals surface area contributed by atoms with E-state index in [1.807, 2.05) is 24.3 Å². The molecule has 1 aromatic carbocycles. The number of aliphatic hydroxyl groups is 1. The fourth-order valence-corrected chi connectivity index (χ4v) is 3.41. The number of nitrogens with zero attached hydrogens (tertiary/aromatic N) is 1. The Morgan fingerprint density at radius 2 is 1.95 bits per heavy atom. The van der Waals surface area contributed by atoms with E-state index >= 15 is 0 Å². The van der Waals surface area contributed by atoms with Gasteiger partial charge in [-0.15, -0.1) is 0 Å². The summed E-state index contributed by atoms with van der Waals surface area (Å²) in [6.07, 6.45) is 4.79. The molecule has 1 aliphatic heterocycles. The molecule has 1 aliphatic carbocycles. The molecule has 0 spiro atoms. The minimum Gasteiger partial charge on any atom is -0.391 e. The van der Waals surface area contributed by atoms with Crippen molar-refractivity contribution in [3.63, 3.8) is 0 Å². The van der Waals surface area contributed by atoms with Crippen LogP contribution in [0, 0.1) is 5.92 Å². The summed E-state index contributed by atoms with van der Waals surface area (Å²) in [7, 11) is 0. The molecule has 2 aliphatic rings. The average molecular weight is 323 g/mol. The standard InChI is InChI=1S/C17H23ClN2O2/c18-14-8-6-13(7-9-14)16(12-3-1-4-12)19-17(22)20-10-2-5-15(21)11-20/h6-9,12,15-16,21H,1-5,10-11H2,(H,19,22). The van der Waals surface area contributed by atoms with E-state index in [0.29, 0.717) is 17.5 Å². The number of halogens is 1. The molecule has 5 heteroatoms. The summed E-state index contributed by atoms with van der Waals surface area (Å²) in [5, 5.41) is 13.6. The summed E-state index contributed by atoms with van der Waals surface area (Å²) < 4.78 is 0. The van der Waals surface area contributed by atoms with Gasteiger partial charge in [-0.3, -0.25) is 0 Å². The number of piperidine rings is 1. The second-order valence-corrected chi connectivity index (χ2v) is 6.85. The monoisotopic (exact) mass is 322 g/mol. The van der Waals surface area contributed by atoms with Gasteiger partial charge in [0.15, 0.2) is 0 Å². The normalized spacial score (nSPS) is 23.7. The highest BCUT2D eigenvalue weighted by molar-refractivity contribution is 6.30. The molecule has 2 amide bonds. The minimum absolute atomic E-state index is 0.0394. The van der Waals surface area contributed by atoms with Crippen molar-refractivity contribution in [1.82, 2.24) is 10.2 Å². The molecule has 2 atom stereocenters. The Kier molecular flexibility index (Phi) is 4.89. The topological polar surface area (TPSA) is 52.6 Å². The molecule has 2 fully saturated rings. The summed E-state index contributed by atoms with van der Waals surface area (Å²) in [6, 6.07) is 7.72. The maximum absolute atomic E-state index is 12.5. The number of hydrogen-bond acceptors (Lipinski definition) is 2. The van der Waals surface area contributed by atoms with Crippen LogP contribution >= 0.6 is 11.6 Å². The molecule has 0 radical (unpaired) electrons. The average Bonchev–Trinajstić information content (AvgIpc) is 2.45. The smallest absolute Gasteiger partial charge is 0.317 e. The number of carbonyl (C=O) groups is 1. The summed E-state index contributed by atoms with van der Waals surface area (Å²) in [4.78, 5) is 14.2. The van der Waals surface area contributed by atoms with Gasteiger partial charge < -0.3 is 15.3 Å². The molecule has 1 heterocycles. The molecule has 3 rings (SSSR count). The van der Waals surface area contributed by atoms with Crippen molar-refractivity contribution in [1.29, 1.82) is 0 Å². The third kappa shape index (κ3) is 3.55. The molecule has 22 heavy (non-hydrogen) atoms. The van der Waals surface area contributed by atoms with Crippen LogP contribution in [0.15, 0.2) is 24.3 Å². The number of benzene rings is 1. The molecule has 0 bridgehead atoms. The fourth-order valence-electron chi connectivity index (χ4n) is 3.28. The van der Waals surface area contributed by atoms with E-state index in [0.717, 1.165) is 37.8 Å². The lowest BCUT2D eigenvalue weighted by Gasteiger charge is -2.37. The number of likely N-dealkylation sites (tertiary alicyclic amines) is 1. The van der Waals surface area contributed by atoms with Gasteiger partial charge >= 0.3 is 6.03 Å². The highest BCUT2D eigenvalue weighted by Gasteiger charge is 2.31. The summed E-state index contributed by atoms with van der Waals surface area (Å²) in [6.45, 7) is 1.16. The van der Waals surface area contributed by atoms with Crippen molar-refractivity contribution in [3.05, 3.63) is 34.9 Å². The Balaban J connectivity index is 1.69. The number of urea groups is 1. The van der Waals surface area contributed by atoms with Gasteiger partial charge in [0.05, 0.1) is 12.1 Å². The highest BCUT2D eigenvalue weighted by Crippen LogP contribution is 2.38. The van der Waals surface area contributed by atoms with E-state index < -0.39 is 6.10 Å². The van der Waals surface area contributed by atoms with Crippen LogP contribution in [0.25, 0.3) is 0 Å². The summed E-state index contributed by atoms with van der Waals surface area (Å²) >= 11 is 5.96. The zero-order chi connectivity index (χ0) is 15.5. The van der Waals surface area contributed by atoms with Crippen LogP contribution in [0.2, 0.25) is 5.02 Å². The molecule has 4 nitrogen and oxygen atoms in total. The predicted octanol–water partition coefficient (Wildman–Crippen LogP) is 3.35. The SMILES string of the molecule is O=C(NC(c1ccc(Cl)cc1)C1CCC1)N1CCCC(O)C1. The Hall–Kier alpha value is -1.26. The molecule has 1 saturated carbocycles. The lowest BCUT2D eigenvalue weighted by atomic mass is 9.77. The molecular formula is C17H23ClN2O2. The van der Waals surface area contributed by atoms with Crippen LogP contribution in [-0.4, -0.2) is 35.2 Å². The van der Waals surface area contributed by atoms with Gasteiger partial charge in [0.2, 0.25) is 0 Å². The molecular weight excluding hydrogens is 300 g/mol. The van der Waals surface area contributed by atoms with E-state index in [2.05, 4.69) is 5.32 Å². The zero-order valence-corrected chi connectivity index (χ0v) is 13.4. The number of amides is 2. The maximum Gasteiger partial charge on any atom is 0.317 e. The third-order valence-electron chi connectivity index (χ3n) is 4.81. The molecule has 120 valence electrons. The maximum atomic E-state index is 12.5. The number of nitrogens with one attached hydrogen (secondary N) is 1. The van der Waals surface area contributed by atoms with Gasteiger partial charge in [-0.25, -0.2) is 4.79 Å². The molecule has 1 aromatic rings. The Bertz CT molecular complexity index is 516. The van der Waals surface area contributed by atoms with Crippen LogP contribution in [0.3, 0.4) is 0 Å². The number of β-amino-alcohol motifs (C(OH)–C–C–N with tert-alkyl or cyclic N) is 1. The molecule has 2 unspecified atom stereocenters. The second-order valence-electron chi connectivity index (χ2n) is 6.41.